The second-order valence-corrected chi connectivity index (χ2v) is 5.60. The van der Waals surface area contributed by atoms with Gasteiger partial charge in [0.15, 0.2) is 0 Å². The molecule has 2 nitrogen and oxygen atoms in total. The molecule has 2 aromatic rings. The predicted molar refractivity (Wildman–Crippen MR) is 71.6 cm³/mol. The summed E-state index contributed by atoms with van der Waals surface area (Å²) in [6.45, 7) is 6.34. The van der Waals surface area contributed by atoms with Gasteiger partial charge in [0, 0.05) is 16.4 Å². The van der Waals surface area contributed by atoms with Crippen LogP contribution in [0.25, 0.3) is 11.3 Å². The zero-order valence-corrected chi connectivity index (χ0v) is 11.2. The Kier molecular flexibility index (Phi) is 3.21. The standard InChI is InChI=1S/C12H14N2S2/c1-7(2)12-13-10(6-11(15)14-12)9-4-5-16-8(9)3/h4-7H,1-3H3,(H,13,14,15). The van der Waals surface area contributed by atoms with Crippen molar-refractivity contribution in [1.82, 2.24) is 9.97 Å². The first kappa shape index (κ1) is 11.5. The molecule has 2 heterocycles. The van der Waals surface area contributed by atoms with Crippen LogP contribution in [-0.2, 0) is 0 Å². The van der Waals surface area contributed by atoms with Gasteiger partial charge in [0.05, 0.1) is 5.69 Å². The van der Waals surface area contributed by atoms with Gasteiger partial charge in [-0.25, -0.2) is 4.98 Å². The van der Waals surface area contributed by atoms with E-state index in [2.05, 4.69) is 42.2 Å². The second kappa shape index (κ2) is 4.47. The molecule has 0 saturated carbocycles. The van der Waals surface area contributed by atoms with Crippen LogP contribution in [0.1, 0.15) is 30.5 Å². The number of hydrogen-bond acceptors (Lipinski definition) is 3. The lowest BCUT2D eigenvalue weighted by molar-refractivity contribution is 0.773. The maximum absolute atomic E-state index is 5.20. The van der Waals surface area contributed by atoms with E-state index < -0.39 is 0 Å². The van der Waals surface area contributed by atoms with Gasteiger partial charge in [-0.05, 0) is 24.4 Å². The zero-order chi connectivity index (χ0) is 11.7. The van der Waals surface area contributed by atoms with Crippen LogP contribution in [0.15, 0.2) is 17.5 Å². The van der Waals surface area contributed by atoms with Gasteiger partial charge >= 0.3 is 0 Å². The van der Waals surface area contributed by atoms with Gasteiger partial charge in [-0.1, -0.05) is 26.1 Å². The summed E-state index contributed by atoms with van der Waals surface area (Å²) in [5.74, 6) is 1.31. The lowest BCUT2D eigenvalue weighted by Gasteiger charge is -2.08. The molecule has 1 N–H and O–H groups in total. The van der Waals surface area contributed by atoms with E-state index in [1.54, 1.807) is 11.3 Å². The number of H-pyrrole nitrogens is 1. The Morgan fingerprint density at radius 3 is 2.75 bits per heavy atom. The highest BCUT2D eigenvalue weighted by atomic mass is 32.1. The first-order valence-electron chi connectivity index (χ1n) is 5.23. The fourth-order valence-electron chi connectivity index (χ4n) is 1.56. The van der Waals surface area contributed by atoms with Crippen molar-refractivity contribution in [2.45, 2.75) is 26.7 Å². The van der Waals surface area contributed by atoms with Gasteiger partial charge < -0.3 is 4.98 Å². The predicted octanol–water partition coefficient (Wildman–Crippen LogP) is 4.30. The summed E-state index contributed by atoms with van der Waals surface area (Å²) in [5.41, 5.74) is 2.29. The van der Waals surface area contributed by atoms with E-state index in [1.165, 1.54) is 10.4 Å². The zero-order valence-electron chi connectivity index (χ0n) is 9.57. The minimum absolute atomic E-state index is 0.362. The van der Waals surface area contributed by atoms with E-state index in [9.17, 15) is 0 Å². The Labute approximate surface area is 104 Å². The number of hydrogen-bond donors (Lipinski definition) is 1. The fourth-order valence-corrected chi connectivity index (χ4v) is 2.49. The van der Waals surface area contributed by atoms with Crippen molar-refractivity contribution in [3.63, 3.8) is 0 Å². The van der Waals surface area contributed by atoms with Crippen LogP contribution in [0.3, 0.4) is 0 Å². The summed E-state index contributed by atoms with van der Waals surface area (Å²) in [6, 6.07) is 4.04. The number of rotatable bonds is 2. The van der Waals surface area contributed by atoms with Crippen molar-refractivity contribution in [1.29, 1.82) is 0 Å². The van der Waals surface area contributed by atoms with Crippen molar-refractivity contribution in [3.8, 4) is 11.3 Å². The summed E-state index contributed by atoms with van der Waals surface area (Å²) >= 11 is 6.94. The molecule has 0 spiro atoms. The van der Waals surface area contributed by atoms with Crippen molar-refractivity contribution in [2.24, 2.45) is 0 Å². The molecule has 2 rings (SSSR count). The molecule has 84 valence electrons. The minimum atomic E-state index is 0.362. The molecule has 0 radical (unpaired) electrons. The van der Waals surface area contributed by atoms with Crippen LogP contribution in [0.2, 0.25) is 0 Å². The summed E-state index contributed by atoms with van der Waals surface area (Å²) in [6.07, 6.45) is 0. The molecule has 0 aliphatic rings. The fraction of sp³-hybridized carbons (Fsp3) is 0.333. The quantitative estimate of drug-likeness (QED) is 0.805. The molecule has 0 atom stereocenters. The number of nitrogens with one attached hydrogen (secondary N) is 1. The molecule has 0 aromatic carbocycles. The van der Waals surface area contributed by atoms with Gasteiger partial charge in [-0.15, -0.1) is 11.3 Å². The van der Waals surface area contributed by atoms with E-state index >= 15 is 0 Å². The van der Waals surface area contributed by atoms with Crippen molar-refractivity contribution in [2.75, 3.05) is 0 Å². The smallest absolute Gasteiger partial charge is 0.130 e. The Hall–Kier alpha value is -1.00. The van der Waals surface area contributed by atoms with Crippen LogP contribution < -0.4 is 0 Å². The highest BCUT2D eigenvalue weighted by Gasteiger charge is 2.07. The minimum Gasteiger partial charge on any atom is -0.343 e. The molecule has 0 aliphatic carbocycles. The SMILES string of the molecule is Cc1sccc1-c1cc(=S)nc(C(C)C)[nH]1. The number of aromatic amines is 1. The van der Waals surface area contributed by atoms with Gasteiger partial charge in [-0.3, -0.25) is 0 Å². The highest BCUT2D eigenvalue weighted by molar-refractivity contribution is 7.71. The van der Waals surface area contributed by atoms with E-state index in [4.69, 9.17) is 12.2 Å². The van der Waals surface area contributed by atoms with E-state index in [-0.39, 0.29) is 0 Å². The summed E-state index contributed by atoms with van der Waals surface area (Å²) in [7, 11) is 0. The van der Waals surface area contributed by atoms with Gasteiger partial charge in [0.1, 0.15) is 10.5 Å². The molecule has 0 unspecified atom stereocenters. The highest BCUT2D eigenvalue weighted by Crippen LogP contribution is 2.26. The monoisotopic (exact) mass is 250 g/mol. The molecular weight excluding hydrogens is 236 g/mol. The van der Waals surface area contributed by atoms with E-state index in [0.717, 1.165) is 11.5 Å². The third-order valence-corrected chi connectivity index (χ3v) is 3.51. The van der Waals surface area contributed by atoms with Crippen molar-refractivity contribution < 1.29 is 0 Å². The average Bonchev–Trinajstić information content (AvgIpc) is 2.63. The maximum atomic E-state index is 5.20. The molecule has 4 heteroatoms. The maximum Gasteiger partial charge on any atom is 0.130 e. The molecule has 2 aromatic heterocycles. The first-order valence-corrected chi connectivity index (χ1v) is 6.52. The molecule has 0 amide bonds. The Morgan fingerprint density at radius 2 is 2.19 bits per heavy atom. The number of aryl methyl sites for hydroxylation is 1. The van der Waals surface area contributed by atoms with Crippen LogP contribution in [-0.4, -0.2) is 9.97 Å². The molecule has 0 saturated heterocycles. The van der Waals surface area contributed by atoms with E-state index in [0.29, 0.717) is 10.6 Å². The Balaban J connectivity index is 2.58. The van der Waals surface area contributed by atoms with Crippen LogP contribution in [0, 0.1) is 11.6 Å². The average molecular weight is 250 g/mol. The Morgan fingerprint density at radius 1 is 1.44 bits per heavy atom. The molecule has 0 fully saturated rings. The van der Waals surface area contributed by atoms with Crippen molar-refractivity contribution in [3.05, 3.63) is 32.9 Å². The van der Waals surface area contributed by atoms with Crippen LogP contribution in [0.5, 0.6) is 0 Å². The first-order chi connectivity index (χ1) is 7.58. The molecular formula is C12H14N2S2. The third-order valence-electron chi connectivity index (χ3n) is 2.46. The Bertz CT molecular complexity index is 552. The van der Waals surface area contributed by atoms with Gasteiger partial charge in [-0.2, -0.15) is 0 Å². The normalized spacial score (nSPS) is 11.0. The van der Waals surface area contributed by atoms with Crippen LogP contribution in [0.4, 0.5) is 0 Å². The number of nitrogens with zero attached hydrogens (tertiary/aromatic N) is 1. The lowest BCUT2D eigenvalue weighted by Crippen LogP contribution is -1.99. The summed E-state index contributed by atoms with van der Waals surface area (Å²) in [4.78, 5) is 8.99. The second-order valence-electron chi connectivity index (χ2n) is 4.06. The van der Waals surface area contributed by atoms with Crippen molar-refractivity contribution >= 4 is 23.6 Å². The molecule has 16 heavy (non-hydrogen) atoms. The summed E-state index contributed by atoms with van der Waals surface area (Å²) < 4.78 is 0.656. The van der Waals surface area contributed by atoms with Gasteiger partial charge in [0.2, 0.25) is 0 Å². The largest absolute Gasteiger partial charge is 0.343 e. The summed E-state index contributed by atoms with van der Waals surface area (Å²) in [5, 5.41) is 2.09. The number of thiophene rings is 1. The number of aromatic nitrogens is 2. The van der Waals surface area contributed by atoms with E-state index in [1.807, 2.05) is 6.07 Å². The van der Waals surface area contributed by atoms with Crippen LogP contribution >= 0.6 is 23.6 Å². The van der Waals surface area contributed by atoms with Gasteiger partial charge in [0.25, 0.3) is 0 Å². The molecule has 0 bridgehead atoms. The molecule has 0 aliphatic heterocycles. The topological polar surface area (TPSA) is 28.7 Å². The third kappa shape index (κ3) is 2.23. The lowest BCUT2D eigenvalue weighted by atomic mass is 10.1.